The molecule has 3 heterocycles. The maximum atomic E-state index is 13.0. The predicted octanol–water partition coefficient (Wildman–Crippen LogP) is 3.27. The maximum Gasteiger partial charge on any atom is 0.243 e. The molecule has 0 radical (unpaired) electrons. The van der Waals surface area contributed by atoms with Crippen molar-refractivity contribution < 1.29 is 13.2 Å². The fraction of sp³-hybridized carbons (Fsp3) is 0.346. The Bertz CT molecular complexity index is 1520. The molecule has 0 N–H and O–H groups in total. The van der Waals surface area contributed by atoms with E-state index in [4.69, 9.17) is 10.1 Å². The second-order valence-corrected chi connectivity index (χ2v) is 11.0. The Morgan fingerprint density at radius 3 is 2.34 bits per heavy atom. The first kappa shape index (κ1) is 23.4. The van der Waals surface area contributed by atoms with Gasteiger partial charge in [0, 0.05) is 49.4 Å². The smallest absolute Gasteiger partial charge is 0.243 e. The lowest BCUT2D eigenvalue weighted by molar-refractivity contribution is -0.132. The van der Waals surface area contributed by atoms with Crippen molar-refractivity contribution in [2.45, 2.75) is 38.5 Å². The monoisotopic (exact) mass is 491 g/mol. The maximum absolute atomic E-state index is 13.0. The van der Waals surface area contributed by atoms with Crippen LogP contribution in [-0.4, -0.2) is 64.3 Å². The fourth-order valence-corrected chi connectivity index (χ4v) is 6.19. The van der Waals surface area contributed by atoms with Crippen molar-refractivity contribution in [3.8, 4) is 0 Å². The van der Waals surface area contributed by atoms with Gasteiger partial charge in [-0.15, -0.1) is 0 Å². The standard InChI is InChI=1S/C26H29N5O3S/c1-18-8-10-21(11-9-18)35(33,34)30-16-14-29(15-17-30)25(32)13-12-22-19(2)27-26-23-6-4-5-7-24(23)28-31(26)20(22)3/h4-11H,12-17H2,1-3H3. The summed E-state index contributed by atoms with van der Waals surface area (Å²) in [6.07, 6.45) is 0.915. The van der Waals surface area contributed by atoms with E-state index in [1.54, 1.807) is 29.2 Å². The van der Waals surface area contributed by atoms with E-state index in [2.05, 4.69) is 0 Å². The normalized spacial score (nSPS) is 15.2. The summed E-state index contributed by atoms with van der Waals surface area (Å²) in [5, 5.41) is 5.70. The lowest BCUT2D eigenvalue weighted by Crippen LogP contribution is -2.50. The highest BCUT2D eigenvalue weighted by Gasteiger charge is 2.30. The number of aryl methyl sites for hydroxylation is 3. The zero-order valence-electron chi connectivity index (χ0n) is 20.2. The van der Waals surface area contributed by atoms with E-state index in [-0.39, 0.29) is 5.91 Å². The number of carbonyl (C=O) groups excluding carboxylic acids is 1. The Morgan fingerprint density at radius 1 is 0.943 bits per heavy atom. The summed E-state index contributed by atoms with van der Waals surface area (Å²) in [7, 11) is -3.55. The highest BCUT2D eigenvalue weighted by molar-refractivity contribution is 7.89. The molecule has 0 bridgehead atoms. The predicted molar refractivity (Wildman–Crippen MR) is 135 cm³/mol. The van der Waals surface area contributed by atoms with Gasteiger partial charge in [0.2, 0.25) is 15.9 Å². The van der Waals surface area contributed by atoms with Crippen LogP contribution < -0.4 is 0 Å². The number of piperazine rings is 1. The molecule has 2 aromatic heterocycles. The molecular formula is C26H29N5O3S. The zero-order chi connectivity index (χ0) is 24.7. The second-order valence-electron chi connectivity index (χ2n) is 9.11. The molecular weight excluding hydrogens is 462 g/mol. The summed E-state index contributed by atoms with van der Waals surface area (Å²) in [6.45, 7) is 7.30. The number of rotatable bonds is 5. The number of carbonyl (C=O) groups is 1. The van der Waals surface area contributed by atoms with E-state index in [1.807, 2.05) is 49.6 Å². The molecule has 4 aromatic rings. The molecule has 2 aromatic carbocycles. The van der Waals surface area contributed by atoms with Gasteiger partial charge in [-0.05, 0) is 57.0 Å². The van der Waals surface area contributed by atoms with Gasteiger partial charge in [-0.25, -0.2) is 17.9 Å². The molecule has 1 fully saturated rings. The number of hydrogen-bond donors (Lipinski definition) is 0. The van der Waals surface area contributed by atoms with E-state index in [1.165, 1.54) is 4.31 Å². The third-order valence-corrected chi connectivity index (χ3v) is 8.77. The minimum absolute atomic E-state index is 0.0295. The Hall–Kier alpha value is -3.30. The summed E-state index contributed by atoms with van der Waals surface area (Å²) in [5.41, 5.74) is 5.66. The first-order valence-electron chi connectivity index (χ1n) is 11.8. The van der Waals surface area contributed by atoms with E-state index in [0.29, 0.717) is 43.9 Å². The molecule has 9 heteroatoms. The highest BCUT2D eigenvalue weighted by Crippen LogP contribution is 2.23. The Balaban J connectivity index is 1.25. The summed E-state index contributed by atoms with van der Waals surface area (Å²) in [6, 6.07) is 14.8. The molecule has 0 unspecified atom stereocenters. The molecule has 8 nitrogen and oxygen atoms in total. The molecule has 0 spiro atoms. The van der Waals surface area contributed by atoms with Crippen molar-refractivity contribution in [3.63, 3.8) is 0 Å². The van der Waals surface area contributed by atoms with E-state index >= 15 is 0 Å². The minimum atomic E-state index is -3.55. The zero-order valence-corrected chi connectivity index (χ0v) is 21.0. The van der Waals surface area contributed by atoms with Crippen molar-refractivity contribution in [3.05, 3.63) is 71.0 Å². The Kier molecular flexibility index (Phi) is 6.06. The average Bonchev–Trinajstić information content (AvgIpc) is 3.23. The van der Waals surface area contributed by atoms with Crippen LogP contribution in [0, 0.1) is 20.8 Å². The first-order valence-corrected chi connectivity index (χ1v) is 13.3. The molecule has 0 aliphatic carbocycles. The van der Waals surface area contributed by atoms with Gasteiger partial charge < -0.3 is 4.90 Å². The second kappa shape index (κ2) is 9.05. The van der Waals surface area contributed by atoms with Gasteiger partial charge in [-0.1, -0.05) is 29.8 Å². The lowest BCUT2D eigenvalue weighted by atomic mass is 10.1. The van der Waals surface area contributed by atoms with Gasteiger partial charge >= 0.3 is 0 Å². The fourth-order valence-electron chi connectivity index (χ4n) is 4.77. The van der Waals surface area contributed by atoms with Crippen molar-refractivity contribution in [1.82, 2.24) is 23.8 Å². The molecule has 1 aliphatic heterocycles. The summed E-state index contributed by atoms with van der Waals surface area (Å²) < 4.78 is 29.2. The molecule has 1 amide bonds. The van der Waals surface area contributed by atoms with Crippen LogP contribution in [0.5, 0.6) is 0 Å². The van der Waals surface area contributed by atoms with Gasteiger partial charge in [0.1, 0.15) is 0 Å². The van der Waals surface area contributed by atoms with E-state index < -0.39 is 10.0 Å². The van der Waals surface area contributed by atoms with Crippen LogP contribution >= 0.6 is 0 Å². The molecule has 182 valence electrons. The number of hydrogen-bond acceptors (Lipinski definition) is 5. The first-order chi connectivity index (χ1) is 16.8. The minimum Gasteiger partial charge on any atom is -0.340 e. The van der Waals surface area contributed by atoms with Crippen LogP contribution in [0.4, 0.5) is 0 Å². The highest BCUT2D eigenvalue weighted by atomic mass is 32.2. The van der Waals surface area contributed by atoms with Crippen LogP contribution in [0.15, 0.2) is 53.4 Å². The quantitative estimate of drug-likeness (QED) is 0.428. The number of fused-ring (bicyclic) bond motifs is 3. The number of benzene rings is 2. The van der Waals surface area contributed by atoms with Crippen LogP contribution in [0.1, 0.15) is 28.9 Å². The van der Waals surface area contributed by atoms with Crippen molar-refractivity contribution in [2.24, 2.45) is 0 Å². The van der Waals surface area contributed by atoms with Gasteiger partial charge in [-0.2, -0.15) is 9.40 Å². The molecule has 35 heavy (non-hydrogen) atoms. The molecule has 5 rings (SSSR count). The van der Waals surface area contributed by atoms with Crippen LogP contribution in [0.2, 0.25) is 0 Å². The van der Waals surface area contributed by atoms with Gasteiger partial charge in [0.15, 0.2) is 5.65 Å². The molecule has 1 saturated heterocycles. The van der Waals surface area contributed by atoms with Crippen molar-refractivity contribution in [1.29, 1.82) is 0 Å². The Labute approximate surface area is 205 Å². The number of sulfonamides is 1. The third kappa shape index (κ3) is 4.30. The lowest BCUT2D eigenvalue weighted by Gasteiger charge is -2.34. The van der Waals surface area contributed by atoms with Crippen molar-refractivity contribution >= 4 is 32.5 Å². The van der Waals surface area contributed by atoms with Gasteiger partial charge in [-0.3, -0.25) is 4.79 Å². The van der Waals surface area contributed by atoms with E-state index in [0.717, 1.165) is 39.1 Å². The largest absolute Gasteiger partial charge is 0.340 e. The number of aromatic nitrogens is 3. The number of amides is 1. The molecule has 0 saturated carbocycles. The SMILES string of the molecule is Cc1ccc(S(=O)(=O)N2CCN(C(=O)CCc3c(C)nc4c5ccccc5nn4c3C)CC2)cc1. The van der Waals surface area contributed by atoms with Gasteiger partial charge in [0.25, 0.3) is 0 Å². The average molecular weight is 492 g/mol. The number of nitrogens with zero attached hydrogens (tertiary/aromatic N) is 5. The summed E-state index contributed by atoms with van der Waals surface area (Å²) in [5.74, 6) is 0.0295. The molecule has 0 atom stereocenters. The van der Waals surface area contributed by atoms with Crippen LogP contribution in [0.25, 0.3) is 16.6 Å². The van der Waals surface area contributed by atoms with E-state index in [9.17, 15) is 13.2 Å². The Morgan fingerprint density at radius 2 is 1.63 bits per heavy atom. The summed E-state index contributed by atoms with van der Waals surface area (Å²) in [4.78, 5) is 19.8. The van der Waals surface area contributed by atoms with Gasteiger partial charge in [0.05, 0.1) is 10.4 Å². The topological polar surface area (TPSA) is 87.9 Å². The van der Waals surface area contributed by atoms with Crippen molar-refractivity contribution in [2.75, 3.05) is 26.2 Å². The summed E-state index contributed by atoms with van der Waals surface area (Å²) >= 11 is 0. The molecule has 1 aliphatic rings. The van der Waals surface area contributed by atoms with Crippen LogP contribution in [0.3, 0.4) is 0 Å². The third-order valence-electron chi connectivity index (χ3n) is 6.86. The van der Waals surface area contributed by atoms with Crippen LogP contribution in [-0.2, 0) is 21.2 Å².